The summed E-state index contributed by atoms with van der Waals surface area (Å²) >= 11 is 0. The zero-order chi connectivity index (χ0) is 41.5. The average molecular weight is 802 g/mol. The molecule has 0 saturated carbocycles. The van der Waals surface area contributed by atoms with Crippen molar-refractivity contribution in [2.24, 2.45) is 0 Å². The quantitative estimate of drug-likeness (QED) is 0.156. The fourth-order valence-corrected chi connectivity index (χ4v) is 10.9. The van der Waals surface area contributed by atoms with Crippen molar-refractivity contribution in [1.29, 1.82) is 0 Å². The Bertz CT molecular complexity index is 3620. The third-order valence-corrected chi connectivity index (χ3v) is 13.5. The van der Waals surface area contributed by atoms with E-state index in [1.54, 1.807) is 0 Å². The molecule has 2 heteroatoms. The summed E-state index contributed by atoms with van der Waals surface area (Å²) in [5, 5.41) is 5.98. The van der Waals surface area contributed by atoms with E-state index in [1.807, 2.05) is 0 Å². The van der Waals surface area contributed by atoms with Crippen molar-refractivity contribution in [3.63, 3.8) is 0 Å². The van der Waals surface area contributed by atoms with Gasteiger partial charge in [0.05, 0.1) is 11.4 Å². The Morgan fingerprint density at radius 1 is 0.413 bits per heavy atom. The number of fused-ring (bicyclic) bond motifs is 14. The summed E-state index contributed by atoms with van der Waals surface area (Å²) in [6, 6.07) is 83.9. The number of para-hydroxylation sites is 2. The first-order valence-electron chi connectivity index (χ1n) is 21.8. The molecule has 2 aliphatic carbocycles. The minimum Gasteiger partial charge on any atom is -0.459 e. The molecular weight excluding hydrogens is 763 g/mol. The maximum Gasteiger partial charge on any atom is 0.135 e. The Morgan fingerprint density at radius 3 is 1.81 bits per heavy atom. The van der Waals surface area contributed by atoms with Gasteiger partial charge in [-0.15, -0.1) is 0 Å². The van der Waals surface area contributed by atoms with Gasteiger partial charge in [-0.2, -0.15) is 0 Å². The lowest BCUT2D eigenvalue weighted by atomic mass is 9.72. The van der Waals surface area contributed by atoms with E-state index in [1.165, 1.54) is 71.6 Å². The maximum atomic E-state index is 7.36. The molecule has 2 aliphatic rings. The Morgan fingerprint density at radius 2 is 0.984 bits per heavy atom. The molecule has 0 radical (unpaired) electrons. The topological polar surface area (TPSA) is 16.4 Å². The molecule has 2 nitrogen and oxygen atoms in total. The van der Waals surface area contributed by atoms with Crippen LogP contribution < -0.4 is 4.90 Å². The number of anilines is 3. The van der Waals surface area contributed by atoms with E-state index in [2.05, 4.69) is 241 Å². The van der Waals surface area contributed by atoms with Crippen LogP contribution in [-0.4, -0.2) is 0 Å². The van der Waals surface area contributed by atoms with Crippen molar-refractivity contribution in [3.8, 4) is 22.3 Å². The largest absolute Gasteiger partial charge is 0.459 e. The first kappa shape index (κ1) is 35.5. The number of hydrogen-bond acceptors (Lipinski definition) is 2. The maximum absolute atomic E-state index is 7.36. The van der Waals surface area contributed by atoms with E-state index in [4.69, 9.17) is 4.42 Å². The Balaban J connectivity index is 1.14. The van der Waals surface area contributed by atoms with Crippen LogP contribution in [-0.2, 0) is 5.41 Å². The molecule has 11 aromatic rings. The molecule has 1 aromatic heterocycles. The fraction of sp³-hybridized carbons (Fsp3) is 0.0164. The molecule has 63 heavy (non-hydrogen) atoms. The summed E-state index contributed by atoms with van der Waals surface area (Å²) in [5.41, 5.74) is 16.7. The monoisotopic (exact) mass is 801 g/mol. The molecule has 0 bridgehead atoms. The van der Waals surface area contributed by atoms with Crippen LogP contribution >= 0.6 is 0 Å². The lowest BCUT2D eigenvalue weighted by Gasteiger charge is -2.31. The van der Waals surface area contributed by atoms with Gasteiger partial charge in [-0.25, -0.2) is 0 Å². The molecule has 1 heterocycles. The van der Waals surface area contributed by atoms with Crippen LogP contribution in [0, 0.1) is 0 Å². The number of nitrogens with zero attached hydrogens (tertiary/aromatic N) is 1. The van der Waals surface area contributed by atoms with Gasteiger partial charge in [-0.05, 0) is 103 Å². The van der Waals surface area contributed by atoms with E-state index in [-0.39, 0.29) is 0 Å². The number of rotatable bonds is 6. The Hall–Kier alpha value is -8.20. The summed E-state index contributed by atoms with van der Waals surface area (Å²) in [6.07, 6.45) is 2.40. The zero-order valence-electron chi connectivity index (χ0n) is 34.4. The van der Waals surface area contributed by atoms with Crippen LogP contribution in [0.15, 0.2) is 235 Å². The van der Waals surface area contributed by atoms with Crippen molar-refractivity contribution in [2.45, 2.75) is 5.41 Å². The minimum atomic E-state index is -0.732. The van der Waals surface area contributed by atoms with Crippen LogP contribution in [0.25, 0.3) is 66.4 Å². The van der Waals surface area contributed by atoms with E-state index in [9.17, 15) is 0 Å². The molecule has 0 N–H and O–H groups in total. The molecule has 10 aromatic carbocycles. The van der Waals surface area contributed by atoms with Crippen LogP contribution in [0.1, 0.15) is 39.1 Å². The van der Waals surface area contributed by atoms with E-state index >= 15 is 0 Å². The van der Waals surface area contributed by atoms with E-state index < -0.39 is 5.41 Å². The molecule has 1 unspecified atom stereocenters. The zero-order valence-corrected chi connectivity index (χ0v) is 34.4. The van der Waals surface area contributed by atoms with Crippen molar-refractivity contribution in [3.05, 3.63) is 270 Å². The number of hydrogen-bond donors (Lipinski definition) is 0. The third kappa shape index (κ3) is 5.13. The van der Waals surface area contributed by atoms with Crippen molar-refractivity contribution >= 4 is 61.2 Å². The Labute approximate surface area is 366 Å². The molecule has 13 rings (SSSR count). The predicted molar refractivity (Wildman–Crippen MR) is 262 cm³/mol. The highest BCUT2D eigenvalue weighted by atomic mass is 16.3. The van der Waals surface area contributed by atoms with Crippen LogP contribution in [0.2, 0.25) is 0 Å². The second-order valence-corrected chi connectivity index (χ2v) is 16.7. The summed E-state index contributed by atoms with van der Waals surface area (Å²) in [7, 11) is 0. The molecule has 0 amide bonds. The van der Waals surface area contributed by atoms with Crippen molar-refractivity contribution in [2.75, 3.05) is 4.90 Å². The van der Waals surface area contributed by atoms with E-state index in [0.29, 0.717) is 0 Å². The molecule has 0 aliphatic heterocycles. The normalized spacial score (nSPS) is 14.8. The van der Waals surface area contributed by atoms with Gasteiger partial charge in [0.25, 0.3) is 0 Å². The number of furan rings is 1. The minimum absolute atomic E-state index is 0.732. The van der Waals surface area contributed by atoms with Gasteiger partial charge in [0.15, 0.2) is 0 Å². The van der Waals surface area contributed by atoms with Crippen molar-refractivity contribution < 1.29 is 4.42 Å². The van der Waals surface area contributed by atoms with E-state index in [0.717, 1.165) is 44.9 Å². The van der Waals surface area contributed by atoms with Gasteiger partial charge in [0, 0.05) is 27.6 Å². The Kier molecular flexibility index (Phi) is 7.85. The fourth-order valence-electron chi connectivity index (χ4n) is 10.9. The second kappa shape index (κ2) is 13.9. The van der Waals surface area contributed by atoms with Crippen LogP contribution in [0.4, 0.5) is 17.1 Å². The molecule has 294 valence electrons. The van der Waals surface area contributed by atoms with Gasteiger partial charge < -0.3 is 9.32 Å². The SMILES string of the molecule is C(=C(c1ccccc1)c1cccc2c1-c1c(oc3ccccc13)C21c2ccccc2-c2c(N(c3ccccc3)c3cccc4ccccc34)cccc21)c1cccc2ccccc12. The molecule has 0 fully saturated rings. The van der Waals surface area contributed by atoms with Crippen LogP contribution in [0.5, 0.6) is 0 Å². The molecule has 0 saturated heterocycles. The highest BCUT2D eigenvalue weighted by molar-refractivity contribution is 6.12. The van der Waals surface area contributed by atoms with Crippen molar-refractivity contribution in [1.82, 2.24) is 0 Å². The summed E-state index contributed by atoms with van der Waals surface area (Å²) < 4.78 is 7.36. The lowest BCUT2D eigenvalue weighted by molar-refractivity contribution is 0.507. The first-order chi connectivity index (χ1) is 31.3. The highest BCUT2D eigenvalue weighted by Crippen LogP contribution is 2.67. The smallest absolute Gasteiger partial charge is 0.135 e. The molecular formula is C61H39NO. The molecule has 1 spiro atoms. The van der Waals surface area contributed by atoms with Crippen LogP contribution in [0.3, 0.4) is 0 Å². The van der Waals surface area contributed by atoms with Gasteiger partial charge in [-0.3, -0.25) is 0 Å². The molecule has 1 atom stereocenters. The standard InChI is InChI=1S/C61H39NO/c1-3-19-42(20-4-1)50(39-43-25-15-23-40-21-7-9-28-45(40)43)47-32-17-34-53-58(47)59-49-31-12-14-38-56(49)63-60(59)61(53)51-33-13-11-30-48(51)57-52(61)35-18-37-55(57)62(44-26-5-2-6-27-44)54-36-16-24-41-22-8-10-29-46(41)54/h1-39H. The summed E-state index contributed by atoms with van der Waals surface area (Å²) in [4.78, 5) is 2.46. The van der Waals surface area contributed by atoms with Gasteiger partial charge in [-0.1, -0.05) is 200 Å². The lowest BCUT2D eigenvalue weighted by Crippen LogP contribution is -2.25. The summed E-state index contributed by atoms with van der Waals surface area (Å²) in [6.45, 7) is 0. The van der Waals surface area contributed by atoms with Gasteiger partial charge >= 0.3 is 0 Å². The number of benzene rings is 10. The summed E-state index contributed by atoms with van der Waals surface area (Å²) in [5.74, 6) is 0.975. The van der Waals surface area contributed by atoms with Gasteiger partial charge in [0.1, 0.15) is 16.8 Å². The second-order valence-electron chi connectivity index (χ2n) is 16.7. The third-order valence-electron chi connectivity index (χ3n) is 13.5. The predicted octanol–water partition coefficient (Wildman–Crippen LogP) is 16.1. The highest BCUT2D eigenvalue weighted by Gasteiger charge is 2.56. The average Bonchev–Trinajstić information content (AvgIpc) is 3.98. The first-order valence-corrected chi connectivity index (χ1v) is 21.8. The van der Waals surface area contributed by atoms with Gasteiger partial charge in [0.2, 0.25) is 0 Å².